The second kappa shape index (κ2) is 7.95. The molecule has 3 aromatic carbocycles. The van der Waals surface area contributed by atoms with E-state index in [-0.39, 0.29) is 0 Å². The average Bonchev–Trinajstić information content (AvgIpc) is 3.45. The topological polar surface area (TPSA) is 0 Å². The molecule has 181 valence electrons. The van der Waals surface area contributed by atoms with Crippen molar-refractivity contribution in [2.24, 2.45) is 0 Å². The summed E-state index contributed by atoms with van der Waals surface area (Å²) in [5.74, 6) is 1.04. The Morgan fingerprint density at radius 3 is 1.49 bits per heavy atom. The maximum atomic E-state index is 2.78. The van der Waals surface area contributed by atoms with Gasteiger partial charge in [-0.05, 0) is 0 Å². The molecule has 2 atom stereocenters. The van der Waals surface area contributed by atoms with Gasteiger partial charge in [-0.2, -0.15) is 0 Å². The Labute approximate surface area is 210 Å². The van der Waals surface area contributed by atoms with Crippen molar-refractivity contribution in [3.05, 3.63) is 118 Å². The van der Waals surface area contributed by atoms with E-state index in [4.69, 9.17) is 0 Å². The van der Waals surface area contributed by atoms with Crippen molar-refractivity contribution in [3.63, 3.8) is 0 Å². The summed E-state index contributed by atoms with van der Waals surface area (Å²) in [6.07, 6.45) is 10.0. The van der Waals surface area contributed by atoms with Crippen LogP contribution in [-0.2, 0) is 16.8 Å². The monoisotopic (exact) mass is 539 g/mol. The molecule has 2 aliphatic rings. The van der Waals surface area contributed by atoms with Gasteiger partial charge in [0.15, 0.2) is 0 Å². The van der Waals surface area contributed by atoms with E-state index < -0.39 is 16.8 Å². The number of fused-ring (bicyclic) bond motifs is 2. The van der Waals surface area contributed by atoms with Gasteiger partial charge in [-0.15, -0.1) is 0 Å². The predicted molar refractivity (Wildman–Crippen MR) is 154 cm³/mol. The van der Waals surface area contributed by atoms with Gasteiger partial charge >= 0.3 is 211 Å². The van der Waals surface area contributed by atoms with Crippen LogP contribution in [0.25, 0.3) is 12.2 Å². The molecule has 0 heterocycles. The molecule has 0 fully saturated rings. The van der Waals surface area contributed by atoms with Crippen molar-refractivity contribution < 1.29 is 16.8 Å². The minimum absolute atomic E-state index is 0.424. The molecular formula is C34H41Zr. The SMILES string of the molecule is CC(C)c1cccc2c1C=C[CH]2[Zr]([CH3])([CH3])([CH3])(=[CH]c1ccccc1)[CH]1C=Cc2c(C(C)C)cccc21. The van der Waals surface area contributed by atoms with Gasteiger partial charge in [-0.1, -0.05) is 0 Å². The number of rotatable bonds is 5. The third kappa shape index (κ3) is 3.77. The molecule has 0 N–H and O–H groups in total. The molecule has 0 bridgehead atoms. The second-order valence-electron chi connectivity index (χ2n) is 13.8. The molecule has 0 spiro atoms. The summed E-state index contributed by atoms with van der Waals surface area (Å²) >= 11 is -4.38. The van der Waals surface area contributed by atoms with E-state index in [1.54, 1.807) is 0 Å². The molecule has 0 amide bonds. The van der Waals surface area contributed by atoms with Crippen LogP contribution >= 0.6 is 0 Å². The van der Waals surface area contributed by atoms with Gasteiger partial charge in [0.25, 0.3) is 0 Å². The first-order valence-corrected chi connectivity index (χ1v) is 25.1. The van der Waals surface area contributed by atoms with Crippen molar-refractivity contribution >= 4 is 15.9 Å². The van der Waals surface area contributed by atoms with Crippen LogP contribution in [0, 0.1) is 0 Å². The van der Waals surface area contributed by atoms with E-state index in [0.29, 0.717) is 19.1 Å². The van der Waals surface area contributed by atoms with Crippen LogP contribution in [-0.4, -0.2) is 3.71 Å². The standard InChI is InChI=1S/2C12H13.C7H6.3CH3.Zr/c2*1-9(2)11-7-3-5-10-6-4-8-12(10)11;1-7-5-3-2-4-6-7;;;;/h2*3-9H,1-2H3;1-6H;3*1H3;. The first-order valence-electron chi connectivity index (χ1n) is 13.4. The third-order valence-electron chi connectivity index (χ3n) is 9.32. The van der Waals surface area contributed by atoms with Crippen LogP contribution in [0.2, 0.25) is 13.9 Å². The first-order chi connectivity index (χ1) is 16.5. The molecule has 1 heteroatoms. The van der Waals surface area contributed by atoms with Crippen molar-refractivity contribution in [2.75, 3.05) is 0 Å². The number of hydrogen-bond acceptors (Lipinski definition) is 0. The molecule has 2 unspecified atom stereocenters. The fourth-order valence-corrected chi connectivity index (χ4v) is 25.1. The first kappa shape index (κ1) is 24.6. The van der Waals surface area contributed by atoms with Gasteiger partial charge in [0.05, 0.1) is 0 Å². The number of hydrogen-bond donors (Lipinski definition) is 0. The van der Waals surface area contributed by atoms with Crippen molar-refractivity contribution in [1.29, 1.82) is 0 Å². The summed E-state index contributed by atoms with van der Waals surface area (Å²) in [6, 6.07) is 25.2. The van der Waals surface area contributed by atoms with E-state index in [1.165, 1.54) is 38.9 Å². The van der Waals surface area contributed by atoms with Crippen LogP contribution in [0.3, 0.4) is 0 Å². The zero-order valence-corrected chi connectivity index (χ0v) is 25.0. The van der Waals surface area contributed by atoms with Crippen LogP contribution in [0.5, 0.6) is 0 Å². The van der Waals surface area contributed by atoms with Crippen molar-refractivity contribution in [3.8, 4) is 0 Å². The second-order valence-corrected chi connectivity index (χ2v) is 40.2. The average molecular weight is 541 g/mol. The molecule has 0 saturated heterocycles. The summed E-state index contributed by atoms with van der Waals surface area (Å²) in [7, 11) is 0. The van der Waals surface area contributed by atoms with Gasteiger partial charge in [-0.25, -0.2) is 0 Å². The molecule has 3 aromatic rings. The summed E-state index contributed by atoms with van der Waals surface area (Å²) in [4.78, 5) is 0. The summed E-state index contributed by atoms with van der Waals surface area (Å²) in [6.45, 7) is 9.28. The van der Waals surface area contributed by atoms with Crippen molar-refractivity contribution in [1.82, 2.24) is 0 Å². The molecule has 2 aliphatic carbocycles. The van der Waals surface area contributed by atoms with Gasteiger partial charge in [-0.3, -0.25) is 0 Å². The molecule has 0 aromatic heterocycles. The number of benzene rings is 3. The zero-order valence-electron chi connectivity index (χ0n) is 22.5. The van der Waals surface area contributed by atoms with Crippen LogP contribution in [0.4, 0.5) is 0 Å². The van der Waals surface area contributed by atoms with Gasteiger partial charge in [0.1, 0.15) is 0 Å². The molecule has 0 saturated carbocycles. The van der Waals surface area contributed by atoms with Crippen LogP contribution in [0.1, 0.15) is 85.7 Å². The van der Waals surface area contributed by atoms with Crippen molar-refractivity contribution in [2.45, 2.75) is 60.7 Å². The third-order valence-corrected chi connectivity index (χ3v) is 28.3. The maximum absolute atomic E-state index is 4.38. The zero-order chi connectivity index (χ0) is 25.1. The fraction of sp³-hybridized carbons (Fsp3) is 0.324. The Kier molecular flexibility index (Phi) is 5.58. The van der Waals surface area contributed by atoms with E-state index in [9.17, 15) is 0 Å². The normalized spacial score (nSPS) is 20.6. The minimum atomic E-state index is -4.38. The van der Waals surface area contributed by atoms with E-state index in [1.807, 2.05) is 0 Å². The Morgan fingerprint density at radius 2 is 1.06 bits per heavy atom. The fourth-order valence-electron chi connectivity index (χ4n) is 7.44. The Bertz CT molecular complexity index is 1360. The molecule has 0 aliphatic heterocycles. The van der Waals surface area contributed by atoms with Gasteiger partial charge in [0, 0.05) is 0 Å². The van der Waals surface area contributed by atoms with E-state index in [0.717, 1.165) is 0 Å². The molecule has 35 heavy (non-hydrogen) atoms. The quantitative estimate of drug-likeness (QED) is 0.302. The molecule has 0 nitrogen and oxygen atoms in total. The van der Waals surface area contributed by atoms with Crippen LogP contribution < -0.4 is 0 Å². The Hall–Kier alpha value is -2.11. The summed E-state index contributed by atoms with van der Waals surface area (Å²) in [5.41, 5.74) is 10.3. The molecular weight excluding hydrogens is 500 g/mol. The van der Waals surface area contributed by atoms with E-state index >= 15 is 0 Å². The predicted octanol–water partition coefficient (Wildman–Crippen LogP) is 9.99. The van der Waals surface area contributed by atoms with Gasteiger partial charge < -0.3 is 0 Å². The summed E-state index contributed by atoms with van der Waals surface area (Å²) in [5, 5.41) is 0. The Balaban J connectivity index is 1.84. The molecule has 5 rings (SSSR count). The summed E-state index contributed by atoms with van der Waals surface area (Å²) < 4.78 is 11.8. The van der Waals surface area contributed by atoms with Crippen LogP contribution in [0.15, 0.2) is 78.9 Å². The Morgan fingerprint density at radius 1 is 0.600 bits per heavy atom. The van der Waals surface area contributed by atoms with Gasteiger partial charge in [0.2, 0.25) is 0 Å². The molecule has 0 radical (unpaired) electrons. The number of allylic oxidation sites excluding steroid dienone is 2. The van der Waals surface area contributed by atoms with E-state index in [2.05, 4.69) is 136 Å².